The van der Waals surface area contributed by atoms with E-state index in [2.05, 4.69) is 15.3 Å². The molecule has 2 aromatic rings. The third-order valence-corrected chi connectivity index (χ3v) is 6.64. The van der Waals surface area contributed by atoms with E-state index in [1.54, 1.807) is 0 Å². The van der Waals surface area contributed by atoms with E-state index >= 15 is 0 Å². The Hall–Kier alpha value is -3.10. The monoisotopic (exact) mass is 551 g/mol. The van der Waals surface area contributed by atoms with Crippen LogP contribution in [0.3, 0.4) is 0 Å². The number of rotatable bonds is 8. The number of nitriles is 1. The number of aromatic nitrogens is 2. The Bertz CT molecular complexity index is 1380. The van der Waals surface area contributed by atoms with Crippen LogP contribution in [0.4, 0.5) is 24.7 Å². The summed E-state index contributed by atoms with van der Waals surface area (Å²) in [4.78, 5) is 34.8. The molecule has 0 saturated carbocycles. The van der Waals surface area contributed by atoms with Crippen molar-refractivity contribution >= 4 is 93.9 Å². The van der Waals surface area contributed by atoms with E-state index in [4.69, 9.17) is 75.4 Å². The molecular weight excluding hydrogens is 537 g/mol. The lowest BCUT2D eigenvalue weighted by molar-refractivity contribution is -0.141. The van der Waals surface area contributed by atoms with Crippen LogP contribution in [0, 0.1) is 16.7 Å². The summed E-state index contributed by atoms with van der Waals surface area (Å²) in [6.45, 7) is 1.15. The van der Waals surface area contributed by atoms with Gasteiger partial charge in [-0.2, -0.15) is 23.4 Å². The first-order chi connectivity index (χ1) is 19.0. The van der Waals surface area contributed by atoms with Crippen LogP contribution in [-0.4, -0.2) is 98.5 Å². The van der Waals surface area contributed by atoms with Crippen molar-refractivity contribution in [1.29, 1.82) is 5.26 Å². The zero-order chi connectivity index (χ0) is 32.1. The van der Waals surface area contributed by atoms with Crippen LogP contribution in [0.5, 0.6) is 5.88 Å². The Labute approximate surface area is 252 Å². The average molecular weight is 550 g/mol. The van der Waals surface area contributed by atoms with Crippen LogP contribution in [0.25, 0.3) is 0 Å². The van der Waals surface area contributed by atoms with Crippen molar-refractivity contribution in [1.82, 2.24) is 9.97 Å². The zero-order valence-corrected chi connectivity index (χ0v) is 22.1. The fourth-order valence-corrected chi connectivity index (χ4v) is 4.54. The summed E-state index contributed by atoms with van der Waals surface area (Å²) in [5.74, 6) is -2.19. The van der Waals surface area contributed by atoms with Crippen molar-refractivity contribution in [2.75, 3.05) is 10.2 Å². The minimum atomic E-state index is -4.65. The van der Waals surface area contributed by atoms with Gasteiger partial charge in [0.1, 0.15) is 17.5 Å². The van der Waals surface area contributed by atoms with Gasteiger partial charge in [0.15, 0.2) is 11.9 Å². The Morgan fingerprint density at radius 3 is 2.10 bits per heavy atom. The molecule has 1 aliphatic heterocycles. The normalized spacial score (nSPS) is 16.2. The number of fused-ring (bicyclic) bond motifs is 1. The number of amides is 2. The second kappa shape index (κ2) is 11.2. The lowest BCUT2D eigenvalue weighted by atomic mass is 9.09. The number of halogens is 3. The van der Waals surface area contributed by atoms with Crippen LogP contribution in [0.2, 0.25) is 15.3 Å². The minimum absolute atomic E-state index is 0.0124. The molecule has 2 amide bonds. The summed E-state index contributed by atoms with van der Waals surface area (Å²) >= 11 is 0. The van der Waals surface area contributed by atoms with Crippen molar-refractivity contribution in [2.24, 2.45) is 5.41 Å². The summed E-state index contributed by atoms with van der Waals surface area (Å²) in [6, 6.07) is 4.89. The number of hydrogen-bond acceptors (Lipinski definition) is 6. The van der Waals surface area contributed by atoms with Gasteiger partial charge in [-0.15, -0.1) is 15.3 Å². The second-order valence-corrected chi connectivity index (χ2v) is 9.98. The van der Waals surface area contributed by atoms with Gasteiger partial charge in [0.2, 0.25) is 11.8 Å². The highest BCUT2D eigenvalue weighted by atomic mass is 19.4. The van der Waals surface area contributed by atoms with Crippen LogP contribution < -0.4 is 15.0 Å². The molecule has 1 N–H and O–H groups in total. The topological polar surface area (TPSA) is 108 Å². The third kappa shape index (κ3) is 6.30. The fraction of sp³-hybridized carbons (Fsp3) is 0.409. The average Bonchev–Trinajstić information content (AvgIpc) is 2.82. The zero-order valence-electron chi connectivity index (χ0n) is 22.1. The molecule has 0 saturated heterocycles. The highest BCUT2D eigenvalue weighted by Gasteiger charge is 2.54. The fourth-order valence-electron chi connectivity index (χ4n) is 4.54. The molecule has 0 spiro atoms. The van der Waals surface area contributed by atoms with Crippen molar-refractivity contribution in [3.63, 3.8) is 0 Å². The second-order valence-electron chi connectivity index (χ2n) is 9.98. The van der Waals surface area contributed by atoms with Gasteiger partial charge in [0, 0.05) is 12.6 Å². The number of nitrogens with zero attached hydrogens (tertiary/aromatic N) is 4. The van der Waals surface area contributed by atoms with Gasteiger partial charge in [0.25, 0.3) is 5.91 Å². The van der Waals surface area contributed by atoms with Gasteiger partial charge in [-0.05, 0) is 24.6 Å². The molecule has 0 aromatic carbocycles. The maximum absolute atomic E-state index is 13.2. The van der Waals surface area contributed by atoms with Crippen molar-refractivity contribution in [3.05, 3.63) is 41.2 Å². The molecule has 3 heterocycles. The standard InChI is InChI=1S/C22H13B9F3N5O3/c1-9-17(41)39(8-10-2-3-13(36-7-10)19(32,33)34)12-4-11(6-35)15(38-16(12)42-9)37-14(40)5-18(20(23,24)25,21(26,27)28)22(29,30)31/h2-4,7,9H,5,8H2,1H3,(H,37,38,40). The number of pyridine rings is 2. The van der Waals surface area contributed by atoms with Crippen LogP contribution in [0.1, 0.15) is 30.2 Å². The molecule has 0 aliphatic carbocycles. The number of ether oxygens (including phenoxy) is 1. The summed E-state index contributed by atoms with van der Waals surface area (Å²) in [6.07, 6.45) is -5.76. The van der Waals surface area contributed by atoms with E-state index in [-0.39, 0.29) is 35.1 Å². The number of anilines is 2. The van der Waals surface area contributed by atoms with Gasteiger partial charge < -0.3 is 10.1 Å². The molecule has 42 heavy (non-hydrogen) atoms. The smallest absolute Gasteiger partial charge is 0.433 e. The van der Waals surface area contributed by atoms with Gasteiger partial charge in [-0.3, -0.25) is 19.5 Å². The lowest BCUT2D eigenvalue weighted by Crippen LogP contribution is -2.58. The molecule has 1 unspecified atom stereocenters. The summed E-state index contributed by atoms with van der Waals surface area (Å²) in [5.41, 5.74) is -3.63. The number of nitrogens with one attached hydrogen (secondary N) is 1. The Morgan fingerprint density at radius 2 is 1.64 bits per heavy atom. The first-order valence-corrected chi connectivity index (χ1v) is 11.9. The first-order valence-electron chi connectivity index (χ1n) is 11.9. The molecule has 3 rings (SSSR count). The number of alkyl halides is 3. The minimum Gasteiger partial charge on any atom is -0.463 e. The highest BCUT2D eigenvalue weighted by molar-refractivity contribution is 6.69. The van der Waals surface area contributed by atoms with E-state index in [0.717, 1.165) is 23.2 Å². The SMILES string of the molecule is [B]C([B])([B])C(CC(=O)Nc1nc2c(cc1C#N)N(Cc1ccc(C(F)(F)F)nc1)C(=O)C(C)O2)(C([B])([B])[B])C([B])([B])[B]. The van der Waals surface area contributed by atoms with Crippen molar-refractivity contribution in [3.8, 4) is 11.9 Å². The molecule has 0 fully saturated rings. The van der Waals surface area contributed by atoms with Gasteiger partial charge >= 0.3 is 6.18 Å². The van der Waals surface area contributed by atoms with Crippen LogP contribution in [-0.2, 0) is 22.3 Å². The Kier molecular flexibility index (Phi) is 8.91. The summed E-state index contributed by atoms with van der Waals surface area (Å²) < 4.78 is 44.2. The van der Waals surface area contributed by atoms with Crippen LogP contribution in [0.15, 0.2) is 24.4 Å². The molecule has 192 valence electrons. The summed E-state index contributed by atoms with van der Waals surface area (Å²) in [7, 11) is 52.4. The summed E-state index contributed by atoms with van der Waals surface area (Å²) in [5, 5.41) is 4.54. The molecule has 1 aliphatic rings. The van der Waals surface area contributed by atoms with E-state index in [0.29, 0.717) is 0 Å². The molecule has 8 nitrogen and oxygen atoms in total. The lowest BCUT2D eigenvalue weighted by Gasteiger charge is -2.65. The molecule has 0 bridgehead atoms. The highest BCUT2D eigenvalue weighted by Crippen LogP contribution is 2.63. The Morgan fingerprint density at radius 1 is 1.07 bits per heavy atom. The van der Waals surface area contributed by atoms with Crippen molar-refractivity contribution in [2.45, 2.75) is 47.5 Å². The predicted molar refractivity (Wildman–Crippen MR) is 155 cm³/mol. The van der Waals surface area contributed by atoms with Gasteiger partial charge in [-0.25, -0.2) is 0 Å². The molecule has 18 radical (unpaired) electrons. The number of carbonyl (C=O) groups excluding carboxylic acids is 2. The maximum Gasteiger partial charge on any atom is 0.433 e. The number of carbonyl (C=O) groups is 2. The van der Waals surface area contributed by atoms with E-state index in [1.165, 1.54) is 13.0 Å². The maximum atomic E-state index is 13.2. The van der Waals surface area contributed by atoms with E-state index in [1.807, 2.05) is 6.07 Å². The molecule has 20 heteroatoms. The quantitative estimate of drug-likeness (QED) is 0.455. The molecular formula is C22H13B9F3N5O3. The van der Waals surface area contributed by atoms with Crippen LogP contribution >= 0.6 is 0 Å². The predicted octanol–water partition coefficient (Wildman–Crippen LogP) is -0.266. The van der Waals surface area contributed by atoms with E-state index < -0.39 is 57.0 Å². The Balaban J connectivity index is 1.99. The molecule has 2 aromatic heterocycles. The molecule has 1 atom stereocenters. The van der Waals surface area contributed by atoms with Gasteiger partial charge in [0.05, 0.1) is 82.7 Å². The first kappa shape index (κ1) is 33.4. The van der Waals surface area contributed by atoms with E-state index in [9.17, 15) is 28.0 Å². The third-order valence-electron chi connectivity index (χ3n) is 6.64. The van der Waals surface area contributed by atoms with Crippen molar-refractivity contribution < 1.29 is 27.5 Å². The largest absolute Gasteiger partial charge is 0.463 e. The van der Waals surface area contributed by atoms with Gasteiger partial charge in [-0.1, -0.05) is 11.5 Å². The number of hydrogen-bond donors (Lipinski definition) is 1.